The number of hydrogen-bond acceptors (Lipinski definition) is 6. The Kier molecular flexibility index (Phi) is 5.68. The molecule has 2 heterocycles. The highest BCUT2D eigenvalue weighted by Gasteiger charge is 2.27. The Balaban J connectivity index is 1.88. The number of rotatable bonds is 6. The molecule has 1 saturated heterocycles. The summed E-state index contributed by atoms with van der Waals surface area (Å²) in [7, 11) is 0. The minimum Gasteiger partial charge on any atom is -0.390 e. The fourth-order valence-electron chi connectivity index (χ4n) is 2.32. The zero-order valence-corrected chi connectivity index (χ0v) is 13.1. The fourth-order valence-corrected chi connectivity index (χ4v) is 2.32. The quantitative estimate of drug-likeness (QED) is 0.716. The molecule has 1 aliphatic rings. The molecule has 1 aliphatic heterocycles. The Bertz CT molecular complexity index is 475. The second kappa shape index (κ2) is 7.51. The highest BCUT2D eigenvalue weighted by molar-refractivity contribution is 5.76. The molecule has 1 amide bonds. The first-order valence-corrected chi connectivity index (χ1v) is 7.56. The largest absolute Gasteiger partial charge is 0.390 e. The van der Waals surface area contributed by atoms with E-state index in [1.165, 1.54) is 6.33 Å². The van der Waals surface area contributed by atoms with Gasteiger partial charge in [-0.2, -0.15) is 0 Å². The molecular formula is C15H24N4O3. The summed E-state index contributed by atoms with van der Waals surface area (Å²) in [6.45, 7) is 4.54. The van der Waals surface area contributed by atoms with Gasteiger partial charge < -0.3 is 20.5 Å². The van der Waals surface area contributed by atoms with E-state index >= 15 is 0 Å². The van der Waals surface area contributed by atoms with Gasteiger partial charge in [-0.25, -0.2) is 9.97 Å². The van der Waals surface area contributed by atoms with Gasteiger partial charge in [0.25, 0.3) is 0 Å². The molecule has 0 radical (unpaired) electrons. The summed E-state index contributed by atoms with van der Waals surface area (Å²) in [4.78, 5) is 20.0. The Morgan fingerprint density at radius 3 is 3.00 bits per heavy atom. The molecule has 122 valence electrons. The molecule has 1 aromatic heterocycles. The lowest BCUT2D eigenvalue weighted by Gasteiger charge is -2.33. The smallest absolute Gasteiger partial charge is 0.220 e. The number of carbonyl (C=O) groups excluding carboxylic acids is 1. The maximum atomic E-state index is 12.0. The van der Waals surface area contributed by atoms with Crippen molar-refractivity contribution in [2.24, 2.45) is 0 Å². The van der Waals surface area contributed by atoms with Gasteiger partial charge in [0.05, 0.1) is 24.3 Å². The van der Waals surface area contributed by atoms with Crippen LogP contribution in [0.3, 0.4) is 0 Å². The predicted molar refractivity (Wildman–Crippen MR) is 82.3 cm³/mol. The molecule has 2 rings (SSSR count). The van der Waals surface area contributed by atoms with Crippen molar-refractivity contribution in [1.29, 1.82) is 0 Å². The second-order valence-corrected chi connectivity index (χ2v) is 6.20. The lowest BCUT2D eigenvalue weighted by atomic mass is 10.0. The molecule has 7 nitrogen and oxygen atoms in total. The van der Waals surface area contributed by atoms with Crippen LogP contribution < -0.4 is 10.6 Å². The van der Waals surface area contributed by atoms with Crippen LogP contribution in [-0.4, -0.2) is 51.9 Å². The second-order valence-electron chi connectivity index (χ2n) is 6.20. The highest BCUT2D eigenvalue weighted by Crippen LogP contribution is 2.14. The molecule has 0 bridgehead atoms. The first-order chi connectivity index (χ1) is 10.4. The molecule has 0 aliphatic carbocycles. The Morgan fingerprint density at radius 1 is 1.50 bits per heavy atom. The molecule has 0 aromatic carbocycles. The van der Waals surface area contributed by atoms with Crippen LogP contribution >= 0.6 is 0 Å². The van der Waals surface area contributed by atoms with Crippen molar-refractivity contribution in [3.63, 3.8) is 0 Å². The van der Waals surface area contributed by atoms with Crippen molar-refractivity contribution in [2.45, 2.75) is 50.8 Å². The molecule has 1 fully saturated rings. The van der Waals surface area contributed by atoms with Crippen LogP contribution in [-0.2, 0) is 9.53 Å². The topological polar surface area (TPSA) is 96.4 Å². The molecule has 0 unspecified atom stereocenters. The summed E-state index contributed by atoms with van der Waals surface area (Å²) in [5, 5.41) is 16.0. The van der Waals surface area contributed by atoms with Crippen LogP contribution in [0.4, 0.5) is 5.82 Å². The van der Waals surface area contributed by atoms with Crippen molar-refractivity contribution in [1.82, 2.24) is 15.3 Å². The van der Waals surface area contributed by atoms with E-state index in [-0.39, 0.29) is 18.0 Å². The van der Waals surface area contributed by atoms with Crippen LogP contribution in [0.2, 0.25) is 0 Å². The predicted octanol–water partition coefficient (Wildman–Crippen LogP) is 0.713. The molecule has 7 heteroatoms. The van der Waals surface area contributed by atoms with Gasteiger partial charge in [0.15, 0.2) is 0 Å². The van der Waals surface area contributed by atoms with Crippen LogP contribution in [0.5, 0.6) is 0 Å². The summed E-state index contributed by atoms with van der Waals surface area (Å²) in [6.07, 6.45) is 4.63. The minimum atomic E-state index is -0.828. The zero-order chi connectivity index (χ0) is 16.0. The molecule has 1 aromatic rings. The number of aromatic nitrogens is 2. The fraction of sp³-hybridized carbons (Fsp3) is 0.667. The van der Waals surface area contributed by atoms with Gasteiger partial charge in [-0.1, -0.05) is 0 Å². The average Bonchev–Trinajstić information content (AvgIpc) is 2.48. The van der Waals surface area contributed by atoms with Crippen molar-refractivity contribution in [3.05, 3.63) is 18.6 Å². The van der Waals surface area contributed by atoms with E-state index in [2.05, 4.69) is 20.6 Å². The first kappa shape index (κ1) is 16.6. The molecule has 0 saturated carbocycles. The summed E-state index contributed by atoms with van der Waals surface area (Å²) in [5.41, 5.74) is -0.828. The van der Waals surface area contributed by atoms with E-state index in [0.717, 1.165) is 6.42 Å². The van der Waals surface area contributed by atoms with Gasteiger partial charge in [-0.05, 0) is 32.8 Å². The third-order valence-electron chi connectivity index (χ3n) is 3.58. The van der Waals surface area contributed by atoms with Gasteiger partial charge in [-0.3, -0.25) is 4.79 Å². The van der Waals surface area contributed by atoms with Crippen LogP contribution in [0.1, 0.15) is 33.1 Å². The van der Waals surface area contributed by atoms with Crippen molar-refractivity contribution in [3.8, 4) is 0 Å². The van der Waals surface area contributed by atoms with Crippen LogP contribution in [0.25, 0.3) is 0 Å². The molecule has 22 heavy (non-hydrogen) atoms. The van der Waals surface area contributed by atoms with Gasteiger partial charge in [-0.15, -0.1) is 0 Å². The Labute approximate surface area is 130 Å². The van der Waals surface area contributed by atoms with Crippen molar-refractivity contribution < 1.29 is 14.6 Å². The highest BCUT2D eigenvalue weighted by atomic mass is 16.5. The number of amides is 1. The molecule has 3 N–H and O–H groups in total. The maximum Gasteiger partial charge on any atom is 0.220 e. The molecular weight excluding hydrogens is 284 g/mol. The van der Waals surface area contributed by atoms with E-state index in [1.54, 1.807) is 26.1 Å². The average molecular weight is 308 g/mol. The molecule has 0 spiro atoms. The normalized spacial score (nSPS) is 22.1. The van der Waals surface area contributed by atoms with E-state index < -0.39 is 5.60 Å². The van der Waals surface area contributed by atoms with Gasteiger partial charge >= 0.3 is 0 Å². The monoisotopic (exact) mass is 308 g/mol. The van der Waals surface area contributed by atoms with Crippen molar-refractivity contribution in [2.75, 3.05) is 18.5 Å². The molecule has 2 atom stereocenters. The summed E-state index contributed by atoms with van der Waals surface area (Å²) in [5.74, 6) is 0.657. The third kappa shape index (κ3) is 5.57. The number of aliphatic hydroxyl groups is 1. The van der Waals surface area contributed by atoms with Gasteiger partial charge in [0.1, 0.15) is 12.1 Å². The third-order valence-corrected chi connectivity index (χ3v) is 3.58. The lowest BCUT2D eigenvalue weighted by Crippen LogP contribution is -2.52. The SMILES string of the molecule is CC(C)(O)CCC(=O)N[C@H]1CCOC[C@H]1Nc1ccncn1. The van der Waals surface area contributed by atoms with Crippen LogP contribution in [0, 0.1) is 0 Å². The summed E-state index contributed by atoms with van der Waals surface area (Å²) in [6, 6.07) is 1.73. The number of nitrogens with zero attached hydrogens (tertiary/aromatic N) is 2. The number of nitrogens with one attached hydrogen (secondary N) is 2. The first-order valence-electron chi connectivity index (χ1n) is 7.56. The standard InChI is InChI=1S/C15H24N4O3/c1-15(2,21)6-3-14(20)19-11-5-8-22-9-12(11)18-13-4-7-16-10-17-13/h4,7,10-12,21H,3,5-6,8-9H2,1-2H3,(H,19,20)(H,16,17,18)/t11-,12+/m0/s1. The van der Waals surface area contributed by atoms with E-state index in [4.69, 9.17) is 4.74 Å². The Hall–Kier alpha value is -1.73. The number of anilines is 1. The van der Waals surface area contributed by atoms with Crippen LogP contribution in [0.15, 0.2) is 18.6 Å². The van der Waals surface area contributed by atoms with E-state index in [1.807, 2.05) is 0 Å². The minimum absolute atomic E-state index is 0.0157. The van der Waals surface area contributed by atoms with Gasteiger partial charge in [0, 0.05) is 19.2 Å². The summed E-state index contributed by atoms with van der Waals surface area (Å²) >= 11 is 0. The maximum absolute atomic E-state index is 12.0. The number of ether oxygens (including phenoxy) is 1. The van der Waals surface area contributed by atoms with E-state index in [9.17, 15) is 9.90 Å². The number of carbonyl (C=O) groups is 1. The Morgan fingerprint density at radius 2 is 2.32 bits per heavy atom. The van der Waals surface area contributed by atoms with Gasteiger partial charge in [0.2, 0.25) is 5.91 Å². The lowest BCUT2D eigenvalue weighted by molar-refractivity contribution is -0.123. The zero-order valence-electron chi connectivity index (χ0n) is 13.1. The van der Waals surface area contributed by atoms with Crippen molar-refractivity contribution >= 4 is 11.7 Å². The number of hydrogen-bond donors (Lipinski definition) is 3. The van der Waals surface area contributed by atoms with E-state index in [0.29, 0.717) is 31.9 Å². The summed E-state index contributed by atoms with van der Waals surface area (Å²) < 4.78 is 5.48.